The predicted octanol–water partition coefficient (Wildman–Crippen LogP) is 1.93. The Bertz CT molecular complexity index is 931. The number of amides is 2. The van der Waals surface area contributed by atoms with E-state index >= 15 is 0 Å². The average Bonchev–Trinajstić information content (AvgIpc) is 2.66. The van der Waals surface area contributed by atoms with Gasteiger partial charge in [-0.25, -0.2) is 5.01 Å². The molecular weight excluding hydrogens is 376 g/mol. The molecule has 0 fully saturated rings. The first-order chi connectivity index (χ1) is 13.7. The normalized spacial score (nSPS) is 15.1. The summed E-state index contributed by atoms with van der Waals surface area (Å²) in [7, 11) is 0. The molecule has 9 heteroatoms. The van der Waals surface area contributed by atoms with Gasteiger partial charge in [-0.2, -0.15) is 5.10 Å². The molecule has 9 nitrogen and oxygen atoms in total. The van der Waals surface area contributed by atoms with Crippen LogP contribution in [-0.2, 0) is 9.59 Å². The van der Waals surface area contributed by atoms with Crippen LogP contribution in [0.15, 0.2) is 35.1 Å². The zero-order chi connectivity index (χ0) is 21.7. The summed E-state index contributed by atoms with van der Waals surface area (Å²) in [6.45, 7) is 6.39. The van der Waals surface area contributed by atoms with Crippen LogP contribution in [0.5, 0.6) is 0 Å². The Balaban J connectivity index is 2.71. The van der Waals surface area contributed by atoms with E-state index in [0.29, 0.717) is 16.8 Å². The molecule has 0 radical (unpaired) electrons. The van der Waals surface area contributed by atoms with E-state index in [1.807, 2.05) is 13.8 Å². The second-order valence-corrected chi connectivity index (χ2v) is 6.49. The average molecular weight is 400 g/mol. The molecule has 0 spiro atoms. The Kier molecular flexibility index (Phi) is 6.76. The molecule has 0 atom stereocenters. The number of benzene rings is 1. The summed E-state index contributed by atoms with van der Waals surface area (Å²) >= 11 is 0. The van der Waals surface area contributed by atoms with Crippen molar-refractivity contribution in [1.29, 1.82) is 0 Å². The Labute approximate surface area is 168 Å². The molecule has 0 aromatic heterocycles. The fourth-order valence-electron chi connectivity index (χ4n) is 2.95. The number of allylic oxidation sites excluding steroid dienone is 1. The van der Waals surface area contributed by atoms with Crippen LogP contribution in [0.25, 0.3) is 11.5 Å². The highest BCUT2D eigenvalue weighted by atomic mass is 16.4. The lowest BCUT2D eigenvalue weighted by molar-refractivity contribution is -0.137. The standard InChI is InChI=1S/C20H24N4O5/c1-5-14-16-12(8-7-9-13(16)19(28)23-11(3)4)18(27)17(24(14)22-6-2)20(29)21-10-15(25)26/h5-9,11,27H,10H2,1-4H3,(H,21,29)(H,23,28)(H,25,26)/b14-5+,22-6-. The van der Waals surface area contributed by atoms with Gasteiger partial charge in [0, 0.05) is 28.9 Å². The molecule has 0 aliphatic carbocycles. The fourth-order valence-corrected chi connectivity index (χ4v) is 2.95. The molecule has 0 saturated heterocycles. The molecule has 154 valence electrons. The third-order valence-electron chi connectivity index (χ3n) is 4.02. The van der Waals surface area contributed by atoms with Gasteiger partial charge in [0.05, 0.1) is 5.70 Å². The Morgan fingerprint density at radius 2 is 1.90 bits per heavy atom. The summed E-state index contributed by atoms with van der Waals surface area (Å²) in [5, 5.41) is 30.1. The van der Waals surface area contributed by atoms with Crippen molar-refractivity contribution in [2.45, 2.75) is 33.7 Å². The first kappa shape index (κ1) is 21.7. The molecule has 2 rings (SSSR count). The highest BCUT2D eigenvalue weighted by molar-refractivity contribution is 6.08. The molecule has 0 saturated carbocycles. The van der Waals surface area contributed by atoms with Gasteiger partial charge in [0.15, 0.2) is 11.5 Å². The number of hydrogen-bond acceptors (Lipinski definition) is 6. The number of carbonyl (C=O) groups is 3. The molecule has 0 unspecified atom stereocenters. The maximum absolute atomic E-state index is 12.7. The number of aliphatic hydroxyl groups excluding tert-OH is 1. The van der Waals surface area contributed by atoms with E-state index in [4.69, 9.17) is 5.11 Å². The summed E-state index contributed by atoms with van der Waals surface area (Å²) in [5.74, 6) is -2.77. The lowest BCUT2D eigenvalue weighted by Crippen LogP contribution is -2.38. The van der Waals surface area contributed by atoms with Crippen LogP contribution in [0.1, 0.15) is 49.2 Å². The number of hydrogen-bond donors (Lipinski definition) is 4. The van der Waals surface area contributed by atoms with Crippen LogP contribution in [0, 0.1) is 0 Å². The Morgan fingerprint density at radius 1 is 1.21 bits per heavy atom. The van der Waals surface area contributed by atoms with Crippen LogP contribution in [-0.4, -0.2) is 51.8 Å². The number of rotatable bonds is 6. The zero-order valence-electron chi connectivity index (χ0n) is 16.7. The van der Waals surface area contributed by atoms with E-state index in [-0.39, 0.29) is 23.2 Å². The number of carboxylic acids is 1. The van der Waals surface area contributed by atoms with E-state index in [9.17, 15) is 19.5 Å². The summed E-state index contributed by atoms with van der Waals surface area (Å²) in [6, 6.07) is 4.71. The first-order valence-corrected chi connectivity index (χ1v) is 9.05. The number of nitrogens with zero attached hydrogens (tertiary/aromatic N) is 2. The maximum atomic E-state index is 12.7. The lowest BCUT2D eigenvalue weighted by atomic mass is 9.91. The second-order valence-electron chi connectivity index (χ2n) is 6.49. The van der Waals surface area contributed by atoms with E-state index in [1.54, 1.807) is 38.1 Å². The molecule has 2 amide bonds. The van der Waals surface area contributed by atoms with Gasteiger partial charge in [-0.3, -0.25) is 14.4 Å². The minimum atomic E-state index is -1.22. The lowest BCUT2D eigenvalue weighted by Gasteiger charge is -2.32. The van der Waals surface area contributed by atoms with Gasteiger partial charge in [0.25, 0.3) is 11.8 Å². The van der Waals surface area contributed by atoms with Crippen LogP contribution in [0.4, 0.5) is 0 Å². The van der Waals surface area contributed by atoms with Crippen molar-refractivity contribution in [2.24, 2.45) is 5.10 Å². The van der Waals surface area contributed by atoms with Gasteiger partial charge in [0.1, 0.15) is 6.54 Å². The summed E-state index contributed by atoms with van der Waals surface area (Å²) < 4.78 is 0. The maximum Gasteiger partial charge on any atom is 0.322 e. The minimum Gasteiger partial charge on any atom is -0.505 e. The predicted molar refractivity (Wildman–Crippen MR) is 109 cm³/mol. The third kappa shape index (κ3) is 4.45. The van der Waals surface area contributed by atoms with Gasteiger partial charge in [-0.05, 0) is 33.8 Å². The van der Waals surface area contributed by atoms with Crippen molar-refractivity contribution < 1.29 is 24.6 Å². The summed E-state index contributed by atoms with van der Waals surface area (Å²) in [5.41, 5.74) is 1.19. The van der Waals surface area contributed by atoms with Crippen molar-refractivity contribution in [3.8, 4) is 0 Å². The van der Waals surface area contributed by atoms with Gasteiger partial charge in [-0.1, -0.05) is 18.2 Å². The van der Waals surface area contributed by atoms with Gasteiger partial charge in [0.2, 0.25) is 0 Å². The van der Waals surface area contributed by atoms with Crippen molar-refractivity contribution in [1.82, 2.24) is 15.6 Å². The topological polar surface area (TPSA) is 131 Å². The highest BCUT2D eigenvalue weighted by Gasteiger charge is 2.35. The van der Waals surface area contributed by atoms with Crippen LogP contribution in [0.3, 0.4) is 0 Å². The number of hydrazone groups is 1. The molecule has 1 aromatic carbocycles. The SMILES string of the molecule is C/C=N\N1C(C(=O)NCC(=O)O)=C(O)c2cccc(C(=O)NC(C)C)c2/C1=C\C. The quantitative estimate of drug-likeness (QED) is 0.540. The number of aliphatic hydroxyl groups is 1. The Morgan fingerprint density at radius 3 is 2.45 bits per heavy atom. The van der Waals surface area contributed by atoms with Gasteiger partial charge in [-0.15, -0.1) is 0 Å². The summed E-state index contributed by atoms with van der Waals surface area (Å²) in [6.07, 6.45) is 3.08. The number of aliphatic carboxylic acids is 1. The van der Waals surface area contributed by atoms with Crippen molar-refractivity contribution in [3.63, 3.8) is 0 Å². The molecule has 4 N–H and O–H groups in total. The number of fused-ring (bicyclic) bond motifs is 1. The first-order valence-electron chi connectivity index (χ1n) is 9.05. The zero-order valence-corrected chi connectivity index (χ0v) is 16.7. The Hall–Kier alpha value is -3.62. The van der Waals surface area contributed by atoms with E-state index in [0.717, 1.165) is 0 Å². The van der Waals surface area contributed by atoms with Crippen molar-refractivity contribution in [3.05, 3.63) is 46.7 Å². The molecule has 1 aliphatic rings. The molecule has 29 heavy (non-hydrogen) atoms. The van der Waals surface area contributed by atoms with Crippen LogP contribution in [0.2, 0.25) is 0 Å². The van der Waals surface area contributed by atoms with Crippen LogP contribution >= 0.6 is 0 Å². The van der Waals surface area contributed by atoms with Crippen LogP contribution < -0.4 is 10.6 Å². The molecular formula is C20H24N4O5. The molecule has 0 bridgehead atoms. The number of carboxylic acid groups (broad SMARTS) is 1. The largest absolute Gasteiger partial charge is 0.505 e. The highest BCUT2D eigenvalue weighted by Crippen LogP contribution is 2.39. The number of nitrogens with one attached hydrogen (secondary N) is 2. The third-order valence-corrected chi connectivity index (χ3v) is 4.02. The van der Waals surface area contributed by atoms with Crippen molar-refractivity contribution >= 4 is 35.5 Å². The van der Waals surface area contributed by atoms with E-state index in [2.05, 4.69) is 15.7 Å². The minimum absolute atomic E-state index is 0.0951. The second kappa shape index (κ2) is 9.05. The molecule has 1 heterocycles. The fraction of sp³-hybridized carbons (Fsp3) is 0.300. The van der Waals surface area contributed by atoms with Gasteiger partial charge >= 0.3 is 5.97 Å². The number of carbonyl (C=O) groups excluding carboxylic acids is 2. The van der Waals surface area contributed by atoms with Crippen molar-refractivity contribution in [2.75, 3.05) is 6.54 Å². The van der Waals surface area contributed by atoms with E-state index < -0.39 is 24.2 Å². The molecule has 1 aliphatic heterocycles. The van der Waals surface area contributed by atoms with E-state index in [1.165, 1.54) is 11.2 Å². The molecule has 1 aromatic rings. The smallest absolute Gasteiger partial charge is 0.322 e. The monoisotopic (exact) mass is 400 g/mol. The van der Waals surface area contributed by atoms with Gasteiger partial charge < -0.3 is 20.8 Å². The summed E-state index contributed by atoms with van der Waals surface area (Å²) in [4.78, 5) is 36.1.